The molecule has 185 valence electrons. The molecule has 0 saturated heterocycles. The third-order valence-electron chi connectivity index (χ3n) is 4.13. The summed E-state index contributed by atoms with van der Waals surface area (Å²) in [6.07, 6.45) is 10.1. The fourth-order valence-electron chi connectivity index (χ4n) is 2.60. The van der Waals surface area contributed by atoms with Gasteiger partial charge in [-0.05, 0) is 42.8 Å². The third kappa shape index (κ3) is 14.2. The van der Waals surface area contributed by atoms with Gasteiger partial charge in [0.05, 0.1) is 0 Å². The van der Waals surface area contributed by atoms with Crippen LogP contribution >= 0.6 is 8.60 Å². The van der Waals surface area contributed by atoms with Gasteiger partial charge >= 0.3 is 31.2 Å². The Bertz CT molecular complexity index is 936. The molecular formula is C28H24FeNO5P-. The van der Waals surface area contributed by atoms with Crippen LogP contribution in [0.5, 0.6) is 17.2 Å². The Hall–Kier alpha value is -3.28. The topological polar surface area (TPSA) is 91.3 Å². The maximum absolute atomic E-state index is 8.47. The quantitative estimate of drug-likeness (QED) is 0.142. The minimum absolute atomic E-state index is 0. The zero-order chi connectivity index (χ0) is 25.6. The van der Waals surface area contributed by atoms with Crippen molar-refractivity contribution in [2.75, 3.05) is 0 Å². The molecule has 8 heteroatoms. The van der Waals surface area contributed by atoms with Crippen LogP contribution < -0.4 is 13.6 Å². The molecule has 1 atom stereocenters. The summed E-state index contributed by atoms with van der Waals surface area (Å²) in [7, 11) is -1.59. The fourth-order valence-corrected chi connectivity index (χ4v) is 3.59. The first-order valence-corrected chi connectivity index (χ1v) is 11.6. The summed E-state index contributed by atoms with van der Waals surface area (Å²) in [5.41, 5.74) is 0. The molecule has 0 fully saturated rings. The molecule has 3 aromatic rings. The van der Waals surface area contributed by atoms with Crippen molar-refractivity contribution in [2.24, 2.45) is 5.92 Å². The van der Waals surface area contributed by atoms with Gasteiger partial charge in [-0.3, -0.25) is 0 Å². The SMILES string of the molecule is N#C[C@H]1[CH]C=CCC[CH-]1.[C-]#[O+].[C-]#[O+].[Fe].c1ccc(OP(Oc2ccccc2)Oc2ccccc2)cc1. The van der Waals surface area contributed by atoms with Crippen LogP contribution in [0.1, 0.15) is 12.8 Å². The van der Waals surface area contributed by atoms with E-state index < -0.39 is 8.60 Å². The number of benzene rings is 3. The molecule has 0 heterocycles. The average Bonchev–Trinajstić information content (AvgIpc) is 3.22. The third-order valence-corrected chi connectivity index (χ3v) is 5.21. The first-order chi connectivity index (χ1) is 17.3. The molecule has 0 aromatic heterocycles. The number of allylic oxidation sites excluding steroid dienone is 2. The molecule has 1 radical (unpaired) electrons. The smallest absolute Gasteiger partial charge is 0.409 e. The molecule has 0 unspecified atom stereocenters. The zero-order valence-electron chi connectivity index (χ0n) is 19.3. The molecule has 1 aliphatic carbocycles. The van der Waals surface area contributed by atoms with E-state index in [0.29, 0.717) is 17.2 Å². The van der Waals surface area contributed by atoms with Crippen LogP contribution in [0.2, 0.25) is 0 Å². The van der Waals surface area contributed by atoms with Crippen molar-refractivity contribution in [3.05, 3.63) is 129 Å². The van der Waals surface area contributed by atoms with Gasteiger partial charge in [0, 0.05) is 23.1 Å². The van der Waals surface area contributed by atoms with Crippen LogP contribution in [0, 0.1) is 43.4 Å². The van der Waals surface area contributed by atoms with E-state index in [1.54, 1.807) is 0 Å². The van der Waals surface area contributed by atoms with E-state index in [9.17, 15) is 0 Å². The molecule has 4 rings (SSSR count). The van der Waals surface area contributed by atoms with Crippen LogP contribution in [-0.4, -0.2) is 0 Å². The summed E-state index contributed by atoms with van der Waals surface area (Å²) in [5.74, 6) is 2.17. The van der Waals surface area contributed by atoms with Crippen molar-refractivity contribution in [3.63, 3.8) is 0 Å². The number of rotatable bonds is 6. The predicted octanol–water partition coefficient (Wildman–Crippen LogP) is 7.26. The first-order valence-electron chi connectivity index (χ1n) is 10.5. The van der Waals surface area contributed by atoms with Crippen LogP contribution in [-0.2, 0) is 26.4 Å². The molecule has 0 saturated carbocycles. The van der Waals surface area contributed by atoms with Crippen LogP contribution in [0.4, 0.5) is 0 Å². The standard InChI is InChI=1S/C18H15O3P.C8H9N.2CO.Fe/c1-4-10-16(11-5-1)19-22(20-17-12-6-2-7-13-17)21-18-14-8-3-9-15-18;9-7-8-5-3-1-2-4-6-8;2*1-2;/h1-15H;1,3,5-6,8H,2,4H2;;;/q;-1;;;/t;8-;;;/m.0.../s1. The molecule has 0 bridgehead atoms. The van der Waals surface area contributed by atoms with Crippen molar-refractivity contribution >= 4 is 8.60 Å². The Morgan fingerprint density at radius 1 is 0.750 bits per heavy atom. The van der Waals surface area contributed by atoms with Gasteiger partial charge in [0.15, 0.2) is 0 Å². The van der Waals surface area contributed by atoms with E-state index in [2.05, 4.69) is 25.4 Å². The van der Waals surface area contributed by atoms with E-state index >= 15 is 0 Å². The Labute approximate surface area is 224 Å². The van der Waals surface area contributed by atoms with Crippen LogP contribution in [0.25, 0.3) is 0 Å². The molecule has 0 aliphatic heterocycles. The van der Waals surface area contributed by atoms with Crippen molar-refractivity contribution < 1.29 is 39.9 Å². The van der Waals surface area contributed by atoms with E-state index in [1.165, 1.54) is 0 Å². The summed E-state index contributed by atoms with van der Waals surface area (Å²) in [5, 5.41) is 8.47. The fraction of sp³-hybridized carbons (Fsp3) is 0.107. The summed E-state index contributed by atoms with van der Waals surface area (Å²) in [6, 6.07) is 30.7. The van der Waals surface area contributed by atoms with Crippen LogP contribution in [0.3, 0.4) is 0 Å². The minimum Gasteiger partial charge on any atom is -0.409 e. The summed E-state index contributed by atoms with van der Waals surface area (Å²) in [4.78, 5) is 0. The summed E-state index contributed by atoms with van der Waals surface area (Å²) >= 11 is 0. The Morgan fingerprint density at radius 2 is 1.14 bits per heavy atom. The largest absolute Gasteiger partial charge is 0.530 e. The second kappa shape index (κ2) is 22.2. The van der Waals surface area contributed by atoms with Gasteiger partial charge in [-0.25, -0.2) is 5.26 Å². The van der Waals surface area contributed by atoms with Gasteiger partial charge in [-0.15, -0.1) is 0 Å². The number of nitrogens with zero attached hydrogens (tertiary/aromatic N) is 1. The number of nitriles is 1. The summed E-state index contributed by atoms with van der Waals surface area (Å²) < 4.78 is 32.5. The van der Waals surface area contributed by atoms with E-state index in [-0.39, 0.29) is 23.0 Å². The van der Waals surface area contributed by atoms with Crippen molar-refractivity contribution in [1.82, 2.24) is 0 Å². The van der Waals surface area contributed by atoms with Gasteiger partial charge in [0.25, 0.3) is 0 Å². The van der Waals surface area contributed by atoms with Gasteiger partial charge in [-0.2, -0.15) is 6.42 Å². The van der Waals surface area contributed by atoms with E-state index in [1.807, 2.05) is 110 Å². The van der Waals surface area contributed by atoms with E-state index in [0.717, 1.165) is 12.8 Å². The van der Waals surface area contributed by atoms with Gasteiger partial charge in [0.2, 0.25) is 0 Å². The maximum atomic E-state index is 8.47. The normalized spacial score (nSPS) is 13.1. The molecule has 3 aromatic carbocycles. The van der Waals surface area contributed by atoms with Gasteiger partial charge in [0.1, 0.15) is 17.2 Å². The van der Waals surface area contributed by atoms with Crippen LogP contribution in [0.15, 0.2) is 103 Å². The number of hydrogen-bond donors (Lipinski definition) is 0. The molecular weight excluding hydrogens is 517 g/mol. The van der Waals surface area contributed by atoms with E-state index in [4.69, 9.17) is 28.1 Å². The molecule has 0 N–H and O–H groups in total. The van der Waals surface area contributed by atoms with Crippen molar-refractivity contribution in [2.45, 2.75) is 12.8 Å². The maximum Gasteiger partial charge on any atom is 0.530 e. The molecule has 0 spiro atoms. The second-order valence-corrected chi connectivity index (χ2v) is 7.52. The Balaban J connectivity index is 0.000000737. The van der Waals surface area contributed by atoms with Gasteiger partial charge in [-0.1, -0.05) is 79.1 Å². The molecule has 1 aliphatic rings. The number of hydrogen-bond acceptors (Lipinski definition) is 4. The second-order valence-electron chi connectivity index (χ2n) is 6.53. The zero-order valence-corrected chi connectivity index (χ0v) is 21.2. The Kier molecular flexibility index (Phi) is 20.2. The number of para-hydroxylation sites is 3. The van der Waals surface area contributed by atoms with Crippen molar-refractivity contribution in [3.8, 4) is 23.3 Å². The summed E-state index contributed by atoms with van der Waals surface area (Å²) in [6.45, 7) is 9.00. The predicted molar refractivity (Wildman–Crippen MR) is 132 cm³/mol. The molecule has 36 heavy (non-hydrogen) atoms. The van der Waals surface area contributed by atoms with Gasteiger partial charge < -0.3 is 20.0 Å². The Morgan fingerprint density at radius 3 is 1.50 bits per heavy atom. The minimum atomic E-state index is -1.59. The molecule has 0 amide bonds. The molecule has 6 nitrogen and oxygen atoms in total. The van der Waals surface area contributed by atoms with Crippen molar-refractivity contribution in [1.29, 1.82) is 5.26 Å². The monoisotopic (exact) mass is 541 g/mol. The first kappa shape index (κ1) is 32.7. The average molecular weight is 541 g/mol.